The molecule has 400 valence electrons. The van der Waals surface area contributed by atoms with Gasteiger partial charge in [-0.1, -0.05) is 105 Å². The molecule has 0 saturated carbocycles. The largest absolute Gasteiger partial charge is 0.494 e. The van der Waals surface area contributed by atoms with E-state index in [4.69, 9.17) is 23.7 Å². The first-order valence-electron chi connectivity index (χ1n) is 25.4. The predicted octanol–water partition coefficient (Wildman–Crippen LogP) is 6.45. The smallest absolute Gasteiger partial charge is 0.329 e. The topological polar surface area (TPSA) is 196 Å². The van der Waals surface area contributed by atoms with E-state index in [9.17, 15) is 38.4 Å². The Kier molecular flexibility index (Phi) is 23.7. The molecule has 17 heteroatoms. The lowest BCUT2D eigenvalue weighted by Crippen LogP contribution is -2.55. The number of hydrogen-bond donors (Lipinski definition) is 0. The van der Waals surface area contributed by atoms with Crippen molar-refractivity contribution in [1.29, 1.82) is 0 Å². The average Bonchev–Trinajstić information content (AvgIpc) is 3.32. The number of ether oxygens (including phenoxy) is 5. The van der Waals surface area contributed by atoms with Crippen LogP contribution in [-0.2, 0) is 70.1 Å². The van der Waals surface area contributed by atoms with Gasteiger partial charge >= 0.3 is 23.9 Å². The fraction of sp³-hybridized carbons (Fsp3) is 0.636. The van der Waals surface area contributed by atoms with E-state index in [0.717, 1.165) is 26.0 Å². The van der Waals surface area contributed by atoms with Crippen molar-refractivity contribution in [2.45, 2.75) is 170 Å². The number of hydrogen-bond acceptors (Lipinski definition) is 13. The number of nitrogens with zero attached hydrogens (tertiary/aromatic N) is 4. The fourth-order valence-electron chi connectivity index (χ4n) is 8.46. The van der Waals surface area contributed by atoms with Crippen LogP contribution in [0.3, 0.4) is 0 Å². The molecule has 2 aromatic rings. The summed E-state index contributed by atoms with van der Waals surface area (Å²) in [4.78, 5) is 120. The lowest BCUT2D eigenvalue weighted by molar-refractivity contribution is -0.176. The first-order chi connectivity index (χ1) is 33.8. The minimum absolute atomic E-state index is 0.0864. The van der Waals surface area contributed by atoms with Gasteiger partial charge in [0.25, 0.3) is 23.6 Å². The zero-order valence-electron chi connectivity index (χ0n) is 45.4. The van der Waals surface area contributed by atoms with E-state index >= 15 is 0 Å². The van der Waals surface area contributed by atoms with Crippen LogP contribution in [0.1, 0.15) is 119 Å². The van der Waals surface area contributed by atoms with Gasteiger partial charge in [0.05, 0.1) is 6.61 Å². The molecule has 0 aliphatic carbocycles. The minimum atomic E-state index is -1.52. The zero-order chi connectivity index (χ0) is 54.1. The molecule has 1 aliphatic heterocycles. The number of carbonyl (C=O) groups is 8. The maximum absolute atomic E-state index is 14.8. The van der Waals surface area contributed by atoms with Crippen molar-refractivity contribution < 1.29 is 62.0 Å². The van der Waals surface area contributed by atoms with Gasteiger partial charge in [0.1, 0.15) is 29.9 Å². The highest BCUT2D eigenvalue weighted by molar-refractivity contribution is 5.94. The molecule has 1 fully saturated rings. The molecule has 0 N–H and O–H groups in total. The van der Waals surface area contributed by atoms with Crippen LogP contribution in [0.15, 0.2) is 54.6 Å². The first kappa shape index (κ1) is 60.3. The second kappa shape index (κ2) is 28.3. The molecule has 4 amide bonds. The number of benzene rings is 2. The molecule has 0 spiro atoms. The normalized spacial score (nSPS) is 24.4. The van der Waals surface area contributed by atoms with E-state index in [2.05, 4.69) is 0 Å². The Labute approximate surface area is 427 Å². The van der Waals surface area contributed by atoms with Gasteiger partial charge in [-0.25, -0.2) is 19.2 Å². The van der Waals surface area contributed by atoms with E-state index < -0.39 is 96.1 Å². The fourth-order valence-corrected chi connectivity index (χ4v) is 8.46. The summed E-state index contributed by atoms with van der Waals surface area (Å²) in [5.74, 6) is -6.66. The van der Waals surface area contributed by atoms with E-state index in [1.54, 1.807) is 54.6 Å². The summed E-state index contributed by atoms with van der Waals surface area (Å²) in [6.45, 7) is 20.0. The summed E-state index contributed by atoms with van der Waals surface area (Å²) >= 11 is 0. The van der Waals surface area contributed by atoms with Crippen molar-refractivity contribution in [3.05, 3.63) is 65.7 Å². The van der Waals surface area contributed by atoms with Crippen LogP contribution in [0.4, 0.5) is 0 Å². The third kappa shape index (κ3) is 17.6. The summed E-state index contributed by atoms with van der Waals surface area (Å²) in [6.07, 6.45) is -4.95. The summed E-state index contributed by atoms with van der Waals surface area (Å²) in [5.41, 5.74) is 1.25. The molecule has 0 aromatic heterocycles. The number of esters is 4. The van der Waals surface area contributed by atoms with Gasteiger partial charge in [-0.05, 0) is 92.9 Å². The van der Waals surface area contributed by atoms with Crippen LogP contribution in [-0.4, -0.2) is 150 Å². The van der Waals surface area contributed by atoms with Gasteiger partial charge < -0.3 is 43.3 Å². The van der Waals surface area contributed by atoms with Crippen LogP contribution in [0.5, 0.6) is 5.75 Å². The van der Waals surface area contributed by atoms with Gasteiger partial charge in [-0.2, -0.15) is 0 Å². The predicted molar refractivity (Wildman–Crippen MR) is 271 cm³/mol. The monoisotopic (exact) mass is 1010 g/mol. The van der Waals surface area contributed by atoms with Crippen LogP contribution in [0.2, 0.25) is 0 Å². The third-order valence-electron chi connectivity index (χ3n) is 12.6. The number of rotatable bonds is 15. The maximum atomic E-state index is 14.8. The molecule has 1 aliphatic rings. The van der Waals surface area contributed by atoms with Crippen molar-refractivity contribution in [2.75, 3.05) is 34.8 Å². The Hall–Kier alpha value is -6.00. The van der Waals surface area contributed by atoms with Gasteiger partial charge in [0, 0.05) is 41.0 Å². The summed E-state index contributed by atoms with van der Waals surface area (Å²) < 4.78 is 29.7. The molecule has 17 nitrogen and oxygen atoms in total. The summed E-state index contributed by atoms with van der Waals surface area (Å²) in [5, 5.41) is 0. The highest BCUT2D eigenvalue weighted by Gasteiger charge is 2.43. The second-order valence-corrected chi connectivity index (χ2v) is 20.8. The molecule has 0 radical (unpaired) electrons. The van der Waals surface area contributed by atoms with Crippen molar-refractivity contribution in [2.24, 2.45) is 23.7 Å². The maximum Gasteiger partial charge on any atom is 0.329 e. The van der Waals surface area contributed by atoms with Crippen molar-refractivity contribution in [1.82, 2.24) is 19.6 Å². The molecule has 3 rings (SSSR count). The average molecular weight is 1010 g/mol. The quantitative estimate of drug-likeness (QED) is 0.140. The van der Waals surface area contributed by atoms with Crippen LogP contribution >= 0.6 is 0 Å². The molecular weight excluding hydrogens is 925 g/mol. The van der Waals surface area contributed by atoms with Gasteiger partial charge in [0.2, 0.25) is 0 Å². The minimum Gasteiger partial charge on any atom is -0.494 e. The Bertz CT molecular complexity index is 2110. The Morgan fingerprint density at radius 1 is 0.444 bits per heavy atom. The second-order valence-electron chi connectivity index (χ2n) is 20.8. The van der Waals surface area contributed by atoms with Gasteiger partial charge in [-0.3, -0.25) is 19.2 Å². The highest BCUT2D eigenvalue weighted by atomic mass is 16.6. The number of cyclic esters (lactones) is 4. The lowest BCUT2D eigenvalue weighted by atomic mass is 10.00. The molecule has 72 heavy (non-hydrogen) atoms. The molecular formula is C55H82N4O13. The van der Waals surface area contributed by atoms with E-state index in [1.807, 2.05) is 62.3 Å². The van der Waals surface area contributed by atoms with Gasteiger partial charge in [-0.15, -0.1) is 0 Å². The van der Waals surface area contributed by atoms with Crippen molar-refractivity contribution >= 4 is 47.5 Å². The molecule has 1 saturated heterocycles. The van der Waals surface area contributed by atoms with Crippen LogP contribution < -0.4 is 4.74 Å². The molecule has 2 aromatic carbocycles. The first-order valence-corrected chi connectivity index (χ1v) is 25.4. The van der Waals surface area contributed by atoms with E-state index in [1.165, 1.54) is 42.0 Å². The SMILES string of the molecule is CCCOc1ccc(C[C@H]2OC(=O)[C@H](CC(C)C)N(C)C(=O)[C@@H](C)OC(=O)[C@H](CC(C)C)N(C)C(=O)[C@@H](Cc3ccccc3)OC(=O)[C@H](CC(C)C)N(C)C(=O)[C@@H](C)OC(=O)[C@H](CC(C)C)N(C)C2=O)cc1. The Morgan fingerprint density at radius 3 is 1.07 bits per heavy atom. The molecule has 0 unspecified atom stereocenters. The zero-order valence-corrected chi connectivity index (χ0v) is 45.4. The lowest BCUT2D eigenvalue weighted by Gasteiger charge is -2.35. The Morgan fingerprint density at radius 2 is 0.750 bits per heavy atom. The Balaban J connectivity index is 2.26. The number of likely N-dealkylation sites (N-methyl/N-ethyl adjacent to an activating group) is 4. The molecule has 8 atom stereocenters. The highest BCUT2D eigenvalue weighted by Crippen LogP contribution is 2.25. The van der Waals surface area contributed by atoms with Crippen LogP contribution in [0.25, 0.3) is 0 Å². The third-order valence-corrected chi connectivity index (χ3v) is 12.6. The van der Waals surface area contributed by atoms with Crippen molar-refractivity contribution in [3.63, 3.8) is 0 Å². The number of carbonyl (C=O) groups excluding carboxylic acids is 8. The standard InChI is InChI=1S/C55H82N4O13/c1-16-26-68-41-24-22-40(23-25-41)32-47-51(63)59(15)43(28-34(4)5)53(65)70-37(10)48(60)56(12)44(29-35(6)7)54(66)71-46(31-39-20-18-17-19-21-39)50(62)58(14)42(27-33(2)3)52(64)69-38(11)49(61)57(13)45(30-36(8)9)55(67)72-47/h17-25,33-38,42-47H,16,26-32H2,1-15H3/t37-,38-,42+,43+,44+,45+,46-,47-/m1/s1. The van der Waals surface area contributed by atoms with Gasteiger partial charge in [0.15, 0.2) is 24.4 Å². The molecule has 0 bridgehead atoms. The number of amides is 4. The van der Waals surface area contributed by atoms with E-state index in [-0.39, 0.29) is 62.2 Å². The van der Waals surface area contributed by atoms with E-state index in [0.29, 0.717) is 23.5 Å². The van der Waals surface area contributed by atoms with Crippen LogP contribution in [0, 0.1) is 23.7 Å². The summed E-state index contributed by atoms with van der Waals surface area (Å²) in [7, 11) is 5.56. The van der Waals surface area contributed by atoms with Crippen molar-refractivity contribution in [3.8, 4) is 5.75 Å². The molecule has 1 heterocycles. The summed E-state index contributed by atoms with van der Waals surface area (Å²) in [6, 6.07) is 10.8.